The summed E-state index contributed by atoms with van der Waals surface area (Å²) in [7, 11) is 1.59. The van der Waals surface area contributed by atoms with Crippen molar-refractivity contribution in [1.29, 1.82) is 0 Å². The van der Waals surface area contributed by atoms with Gasteiger partial charge in [-0.05, 0) is 66.8 Å². The molecule has 4 rings (SSSR count). The van der Waals surface area contributed by atoms with Gasteiger partial charge in [-0.25, -0.2) is 9.59 Å². The van der Waals surface area contributed by atoms with E-state index >= 15 is 0 Å². The molecule has 1 heterocycles. The number of aliphatic carboxylic acids is 1. The molecule has 0 fully saturated rings. The predicted molar refractivity (Wildman–Crippen MR) is 196 cm³/mol. The summed E-state index contributed by atoms with van der Waals surface area (Å²) in [6, 6.07) is 18.8. The maximum Gasteiger partial charge on any atom is 0.490 e. The second-order valence-electron chi connectivity index (χ2n) is 12.5. The summed E-state index contributed by atoms with van der Waals surface area (Å²) < 4.78 is 37.1. The monoisotopic (exact) mass is 755 g/mol. The molecule has 0 atom stereocenters. The number of carboxylic acid groups (broad SMARTS) is 1. The molecule has 0 unspecified atom stereocenters. The fourth-order valence-electron chi connectivity index (χ4n) is 5.33. The number of hydrogen-bond donors (Lipinski definition) is 4. The molecule has 0 spiro atoms. The van der Waals surface area contributed by atoms with Crippen LogP contribution in [-0.4, -0.2) is 78.6 Å². The highest BCUT2D eigenvalue weighted by Crippen LogP contribution is 2.28. The van der Waals surface area contributed by atoms with Crippen molar-refractivity contribution in [1.82, 2.24) is 4.90 Å². The van der Waals surface area contributed by atoms with Crippen LogP contribution in [0.4, 0.5) is 40.7 Å². The van der Waals surface area contributed by atoms with E-state index in [1.165, 1.54) is 9.80 Å². The number of anilines is 4. The number of urea groups is 1. The highest BCUT2D eigenvalue weighted by molar-refractivity contribution is 6.10. The summed E-state index contributed by atoms with van der Waals surface area (Å²) in [6.45, 7) is 6.32. The van der Waals surface area contributed by atoms with Crippen molar-refractivity contribution in [2.45, 2.75) is 59.1 Å². The van der Waals surface area contributed by atoms with E-state index in [-0.39, 0.29) is 49.3 Å². The number of esters is 1. The van der Waals surface area contributed by atoms with Crippen molar-refractivity contribution in [3.63, 3.8) is 0 Å². The first-order valence-electron chi connectivity index (χ1n) is 17.2. The Hall–Kier alpha value is -5.93. The summed E-state index contributed by atoms with van der Waals surface area (Å²) in [5.41, 5.74) is 4.02. The van der Waals surface area contributed by atoms with E-state index in [0.717, 1.165) is 30.4 Å². The Labute approximate surface area is 310 Å². The number of ether oxygens (including phenoxy) is 1. The molecule has 1 aliphatic heterocycles. The number of fused-ring (bicyclic) bond motifs is 1. The molecular weight excluding hydrogens is 711 g/mol. The number of rotatable bonds is 13. The summed E-state index contributed by atoms with van der Waals surface area (Å²) >= 11 is 0. The first-order chi connectivity index (χ1) is 25.5. The number of likely N-dealkylation sites (N-methyl/N-ethyl adjacent to an activating group) is 1. The third-order valence-corrected chi connectivity index (χ3v) is 8.60. The van der Waals surface area contributed by atoms with Gasteiger partial charge >= 0.3 is 24.1 Å². The molecule has 0 bridgehead atoms. The second-order valence-corrected chi connectivity index (χ2v) is 12.5. The van der Waals surface area contributed by atoms with Gasteiger partial charge in [0, 0.05) is 30.7 Å². The summed E-state index contributed by atoms with van der Waals surface area (Å²) in [6.07, 6.45) is -2.21. The minimum Gasteiger partial charge on any atom is -0.475 e. The second kappa shape index (κ2) is 19.8. The molecule has 5 amide bonds. The minimum atomic E-state index is -5.08. The first kappa shape index (κ1) is 42.5. The average molecular weight is 756 g/mol. The number of hydrogen-bond acceptors (Lipinski definition) is 7. The lowest BCUT2D eigenvalue weighted by Gasteiger charge is -2.20. The van der Waals surface area contributed by atoms with Crippen LogP contribution in [0.1, 0.15) is 61.0 Å². The van der Waals surface area contributed by atoms with Crippen molar-refractivity contribution in [3.8, 4) is 0 Å². The van der Waals surface area contributed by atoms with Crippen molar-refractivity contribution in [2.75, 3.05) is 47.6 Å². The van der Waals surface area contributed by atoms with Crippen LogP contribution >= 0.6 is 0 Å². The molecule has 0 saturated carbocycles. The van der Waals surface area contributed by atoms with Crippen molar-refractivity contribution in [2.24, 2.45) is 5.92 Å². The quantitative estimate of drug-likeness (QED) is 0.141. The number of nitrogens with zero attached hydrogens (tertiary/aromatic N) is 2. The molecular formula is C38H44F3N5O8. The zero-order valence-corrected chi connectivity index (χ0v) is 30.4. The van der Waals surface area contributed by atoms with Gasteiger partial charge in [-0.1, -0.05) is 57.0 Å². The van der Waals surface area contributed by atoms with E-state index in [0.29, 0.717) is 35.3 Å². The molecule has 1 aliphatic rings. The minimum absolute atomic E-state index is 0.0247. The van der Waals surface area contributed by atoms with Crippen LogP contribution in [0.3, 0.4) is 0 Å². The fourth-order valence-corrected chi connectivity index (χ4v) is 5.33. The maximum atomic E-state index is 13.5. The van der Waals surface area contributed by atoms with E-state index in [9.17, 15) is 37.1 Å². The third-order valence-electron chi connectivity index (χ3n) is 8.60. The Bertz CT molecular complexity index is 1810. The van der Waals surface area contributed by atoms with Crippen LogP contribution in [0.5, 0.6) is 0 Å². The van der Waals surface area contributed by atoms with E-state index in [2.05, 4.69) is 29.8 Å². The molecule has 4 N–H and O–H groups in total. The zero-order valence-electron chi connectivity index (χ0n) is 30.4. The lowest BCUT2D eigenvalue weighted by Crippen LogP contribution is -2.39. The van der Waals surface area contributed by atoms with Gasteiger partial charge in [0.15, 0.2) is 0 Å². The molecule has 0 aromatic heterocycles. The number of benzene rings is 3. The van der Waals surface area contributed by atoms with Crippen LogP contribution in [0.2, 0.25) is 0 Å². The van der Waals surface area contributed by atoms with Gasteiger partial charge in [0.2, 0.25) is 11.8 Å². The number of halogens is 3. The molecule has 16 heteroatoms. The number of carbonyl (C=O) groups excluding carboxylic acids is 5. The molecule has 290 valence electrons. The van der Waals surface area contributed by atoms with E-state index in [1.807, 2.05) is 31.2 Å². The SMILES string of the molecule is CCC(CC)CCOC(=O)CCN1CC(=O)N(C)c2ccc(NC(=O)Cc3ccc(NC(=O)Nc4ccccc4C)cc3)cc2C1=O.O=C(O)C(F)(F)F. The zero-order chi connectivity index (χ0) is 40.0. The molecule has 0 radical (unpaired) electrons. The number of para-hydroxylation sites is 1. The highest BCUT2D eigenvalue weighted by Gasteiger charge is 2.38. The molecule has 0 aliphatic carbocycles. The van der Waals surface area contributed by atoms with Gasteiger partial charge in [-0.2, -0.15) is 13.2 Å². The van der Waals surface area contributed by atoms with Gasteiger partial charge in [0.05, 0.1) is 30.7 Å². The standard InChI is InChI=1S/C36H43N5O6.C2HF3O2/c1-5-25(6-2)18-20-47-34(44)17-19-41-23-33(43)40(4)31-16-15-28(22-29(31)35(41)45)37-32(42)21-26-11-13-27(14-12-26)38-36(46)39-30-10-8-7-9-24(30)3;3-2(4,5)1(6)7/h7-16,22,25H,5-6,17-21,23H2,1-4H3,(H,37,42)(H2,38,39,46);(H,6,7). The largest absolute Gasteiger partial charge is 0.490 e. The number of aryl methyl sites for hydroxylation is 1. The van der Waals surface area contributed by atoms with Gasteiger partial charge in [-0.15, -0.1) is 0 Å². The van der Waals surface area contributed by atoms with Crippen molar-refractivity contribution >= 4 is 58.4 Å². The number of carboxylic acids is 1. The van der Waals surface area contributed by atoms with Gasteiger partial charge in [0.25, 0.3) is 5.91 Å². The van der Waals surface area contributed by atoms with Crippen molar-refractivity contribution in [3.05, 3.63) is 83.4 Å². The molecule has 3 aromatic rings. The molecule has 3 aromatic carbocycles. The van der Waals surface area contributed by atoms with Gasteiger partial charge in [0.1, 0.15) is 6.54 Å². The predicted octanol–water partition coefficient (Wildman–Crippen LogP) is 6.63. The summed E-state index contributed by atoms with van der Waals surface area (Å²) in [4.78, 5) is 75.7. The van der Waals surface area contributed by atoms with Crippen LogP contribution in [0, 0.1) is 12.8 Å². The lowest BCUT2D eigenvalue weighted by molar-refractivity contribution is -0.192. The molecule has 54 heavy (non-hydrogen) atoms. The van der Waals surface area contributed by atoms with Crippen LogP contribution in [-0.2, 0) is 30.3 Å². The van der Waals surface area contributed by atoms with E-state index in [1.54, 1.807) is 49.5 Å². The Morgan fingerprint density at radius 2 is 1.54 bits per heavy atom. The fraction of sp³-hybridized carbons (Fsp3) is 0.368. The van der Waals surface area contributed by atoms with Crippen molar-refractivity contribution < 1.29 is 51.8 Å². The summed E-state index contributed by atoms with van der Waals surface area (Å²) in [5, 5.41) is 15.5. The molecule has 0 saturated heterocycles. The topological polar surface area (TPSA) is 174 Å². The normalized spacial score (nSPS) is 12.6. The van der Waals surface area contributed by atoms with Gasteiger partial charge < -0.3 is 35.6 Å². The number of amides is 5. The summed E-state index contributed by atoms with van der Waals surface area (Å²) in [5.74, 6) is -3.67. The Morgan fingerprint density at radius 1 is 0.907 bits per heavy atom. The maximum absolute atomic E-state index is 13.5. The Balaban J connectivity index is 0.00000102. The average Bonchev–Trinajstić information content (AvgIpc) is 3.20. The number of nitrogens with one attached hydrogen (secondary N) is 3. The number of carbonyl (C=O) groups is 6. The smallest absolute Gasteiger partial charge is 0.475 e. The Kier molecular flexibility index (Phi) is 15.6. The van der Waals surface area contributed by atoms with Crippen LogP contribution in [0.25, 0.3) is 0 Å². The highest BCUT2D eigenvalue weighted by atomic mass is 19.4. The first-order valence-corrected chi connectivity index (χ1v) is 17.2. The Morgan fingerprint density at radius 3 is 2.15 bits per heavy atom. The molecule has 13 nitrogen and oxygen atoms in total. The van der Waals surface area contributed by atoms with Crippen LogP contribution in [0.15, 0.2) is 66.7 Å². The number of alkyl halides is 3. The van der Waals surface area contributed by atoms with E-state index in [4.69, 9.17) is 14.6 Å². The van der Waals surface area contributed by atoms with E-state index < -0.39 is 24.0 Å². The third kappa shape index (κ3) is 12.9. The lowest BCUT2D eigenvalue weighted by atomic mass is 10.0. The van der Waals surface area contributed by atoms with Gasteiger partial charge in [-0.3, -0.25) is 19.2 Å². The van der Waals surface area contributed by atoms with Crippen LogP contribution < -0.4 is 20.9 Å².